The first-order chi connectivity index (χ1) is 10.7. The van der Waals surface area contributed by atoms with Gasteiger partial charge in [0.05, 0.1) is 24.1 Å². The highest BCUT2D eigenvalue weighted by Gasteiger charge is 2.07. The quantitative estimate of drug-likeness (QED) is 0.785. The number of nitrogens with zero attached hydrogens (tertiary/aromatic N) is 1. The summed E-state index contributed by atoms with van der Waals surface area (Å²) < 4.78 is 0. The Morgan fingerprint density at radius 2 is 2.05 bits per heavy atom. The Bertz CT molecular complexity index is 700. The van der Waals surface area contributed by atoms with E-state index in [1.165, 1.54) is 11.8 Å². The van der Waals surface area contributed by atoms with Gasteiger partial charge in [0, 0.05) is 15.6 Å². The second-order valence-corrected chi connectivity index (χ2v) is 5.81. The standard InChI is InChI=1S/C16H14ClN3OS/c17-12-4-3-5-13(10-12)19-11-16(21)20-14-6-1-2-7-15(14)22-9-8-18/h1-7,10,19H,9,11H2,(H,20,21). The minimum absolute atomic E-state index is 0.137. The molecule has 0 heterocycles. The van der Waals surface area contributed by atoms with Gasteiger partial charge in [-0.05, 0) is 30.3 Å². The van der Waals surface area contributed by atoms with Gasteiger partial charge in [-0.2, -0.15) is 5.26 Å². The lowest BCUT2D eigenvalue weighted by Gasteiger charge is -2.11. The zero-order valence-electron chi connectivity index (χ0n) is 11.7. The van der Waals surface area contributed by atoms with Crippen molar-refractivity contribution in [1.29, 1.82) is 5.26 Å². The van der Waals surface area contributed by atoms with Gasteiger partial charge >= 0.3 is 0 Å². The molecule has 0 bridgehead atoms. The summed E-state index contributed by atoms with van der Waals surface area (Å²) >= 11 is 7.28. The third-order valence-corrected chi connectivity index (χ3v) is 3.91. The second-order valence-electron chi connectivity index (χ2n) is 4.36. The van der Waals surface area contributed by atoms with E-state index in [0.29, 0.717) is 16.5 Å². The van der Waals surface area contributed by atoms with Gasteiger partial charge in [-0.25, -0.2) is 0 Å². The van der Waals surface area contributed by atoms with Crippen LogP contribution in [0.3, 0.4) is 0 Å². The van der Waals surface area contributed by atoms with E-state index >= 15 is 0 Å². The van der Waals surface area contributed by atoms with Crippen molar-refractivity contribution in [3.05, 3.63) is 53.6 Å². The van der Waals surface area contributed by atoms with Crippen LogP contribution in [0.25, 0.3) is 0 Å². The molecule has 2 aromatic rings. The van der Waals surface area contributed by atoms with Gasteiger partial charge in [0.2, 0.25) is 5.91 Å². The first-order valence-electron chi connectivity index (χ1n) is 6.57. The highest BCUT2D eigenvalue weighted by molar-refractivity contribution is 7.99. The topological polar surface area (TPSA) is 64.9 Å². The van der Waals surface area contributed by atoms with Crippen molar-refractivity contribution in [1.82, 2.24) is 0 Å². The van der Waals surface area contributed by atoms with Gasteiger partial charge in [-0.15, -0.1) is 11.8 Å². The van der Waals surface area contributed by atoms with Crippen molar-refractivity contribution in [2.75, 3.05) is 22.9 Å². The number of benzene rings is 2. The molecule has 2 N–H and O–H groups in total. The Morgan fingerprint density at radius 3 is 2.82 bits per heavy atom. The normalized spacial score (nSPS) is 9.82. The monoisotopic (exact) mass is 331 g/mol. The molecule has 0 saturated heterocycles. The largest absolute Gasteiger partial charge is 0.376 e. The molecule has 0 radical (unpaired) electrons. The smallest absolute Gasteiger partial charge is 0.243 e. The number of anilines is 2. The van der Waals surface area contributed by atoms with Gasteiger partial charge in [0.1, 0.15) is 0 Å². The van der Waals surface area contributed by atoms with Crippen LogP contribution in [-0.2, 0) is 4.79 Å². The van der Waals surface area contributed by atoms with Crippen LogP contribution in [0.1, 0.15) is 0 Å². The number of amides is 1. The van der Waals surface area contributed by atoms with E-state index in [2.05, 4.69) is 16.7 Å². The number of para-hydroxylation sites is 1. The van der Waals surface area contributed by atoms with Crippen LogP contribution < -0.4 is 10.6 Å². The molecule has 0 saturated carbocycles. The number of hydrogen-bond acceptors (Lipinski definition) is 4. The number of nitrogens with one attached hydrogen (secondary N) is 2. The number of carbonyl (C=O) groups is 1. The first kappa shape index (κ1) is 16.2. The van der Waals surface area contributed by atoms with Gasteiger partial charge in [-0.3, -0.25) is 4.79 Å². The van der Waals surface area contributed by atoms with E-state index in [1.807, 2.05) is 36.4 Å². The average molecular weight is 332 g/mol. The Hall–Kier alpha value is -2.16. The molecule has 112 valence electrons. The molecule has 4 nitrogen and oxygen atoms in total. The molecule has 0 atom stereocenters. The zero-order valence-corrected chi connectivity index (χ0v) is 13.2. The molecule has 0 aliphatic heterocycles. The fraction of sp³-hybridized carbons (Fsp3) is 0.125. The van der Waals surface area contributed by atoms with E-state index in [-0.39, 0.29) is 12.5 Å². The molecular formula is C16H14ClN3OS. The van der Waals surface area contributed by atoms with Crippen LogP contribution in [0.15, 0.2) is 53.4 Å². The van der Waals surface area contributed by atoms with Crippen molar-refractivity contribution >= 4 is 40.6 Å². The van der Waals surface area contributed by atoms with Crippen LogP contribution in [0.5, 0.6) is 0 Å². The predicted octanol–water partition coefficient (Wildman–Crippen LogP) is 4.01. The molecular weight excluding hydrogens is 318 g/mol. The highest BCUT2D eigenvalue weighted by atomic mass is 35.5. The molecule has 2 rings (SSSR count). The second kappa shape index (κ2) is 8.32. The lowest BCUT2D eigenvalue weighted by molar-refractivity contribution is -0.114. The fourth-order valence-corrected chi connectivity index (χ4v) is 2.64. The maximum absolute atomic E-state index is 12.0. The summed E-state index contributed by atoms with van der Waals surface area (Å²) in [6.45, 7) is 0.137. The summed E-state index contributed by atoms with van der Waals surface area (Å²) in [7, 11) is 0. The van der Waals surface area contributed by atoms with E-state index in [0.717, 1.165) is 10.6 Å². The average Bonchev–Trinajstić information content (AvgIpc) is 2.52. The van der Waals surface area contributed by atoms with Gasteiger partial charge in [0.15, 0.2) is 0 Å². The number of carbonyl (C=O) groups excluding carboxylic acids is 1. The van der Waals surface area contributed by atoms with Crippen LogP contribution in [0, 0.1) is 11.3 Å². The fourth-order valence-electron chi connectivity index (χ4n) is 1.78. The minimum atomic E-state index is -0.162. The van der Waals surface area contributed by atoms with Crippen molar-refractivity contribution in [2.45, 2.75) is 4.90 Å². The number of thioether (sulfide) groups is 1. The van der Waals surface area contributed by atoms with Gasteiger partial charge in [-0.1, -0.05) is 29.8 Å². The maximum Gasteiger partial charge on any atom is 0.243 e. The van der Waals surface area contributed by atoms with E-state index in [1.54, 1.807) is 12.1 Å². The molecule has 0 aliphatic rings. The number of nitriles is 1. The first-order valence-corrected chi connectivity index (χ1v) is 7.93. The summed E-state index contributed by atoms with van der Waals surface area (Å²) in [5, 5.41) is 15.1. The number of halogens is 1. The molecule has 0 fully saturated rings. The van der Waals surface area contributed by atoms with Crippen LogP contribution >= 0.6 is 23.4 Å². The molecule has 22 heavy (non-hydrogen) atoms. The third kappa shape index (κ3) is 4.99. The van der Waals surface area contributed by atoms with Crippen molar-refractivity contribution in [3.8, 4) is 6.07 Å². The lowest BCUT2D eigenvalue weighted by atomic mass is 10.3. The van der Waals surface area contributed by atoms with E-state index in [9.17, 15) is 4.79 Å². The zero-order chi connectivity index (χ0) is 15.8. The Morgan fingerprint density at radius 1 is 1.23 bits per heavy atom. The van der Waals surface area contributed by atoms with E-state index < -0.39 is 0 Å². The van der Waals surface area contributed by atoms with E-state index in [4.69, 9.17) is 16.9 Å². The van der Waals surface area contributed by atoms with Gasteiger partial charge in [0.25, 0.3) is 0 Å². The molecule has 2 aromatic carbocycles. The Balaban J connectivity index is 1.93. The van der Waals surface area contributed by atoms with Crippen molar-refractivity contribution in [2.24, 2.45) is 0 Å². The van der Waals surface area contributed by atoms with Crippen molar-refractivity contribution in [3.63, 3.8) is 0 Å². The number of hydrogen-bond donors (Lipinski definition) is 2. The molecule has 0 spiro atoms. The molecule has 0 unspecified atom stereocenters. The minimum Gasteiger partial charge on any atom is -0.376 e. The Kier molecular flexibility index (Phi) is 6.13. The molecule has 6 heteroatoms. The molecule has 0 aromatic heterocycles. The Labute approximate surface area is 138 Å². The van der Waals surface area contributed by atoms with Crippen molar-refractivity contribution < 1.29 is 4.79 Å². The SMILES string of the molecule is N#CCSc1ccccc1NC(=O)CNc1cccc(Cl)c1. The molecule has 0 aliphatic carbocycles. The summed E-state index contributed by atoms with van der Waals surface area (Å²) in [5.41, 5.74) is 1.50. The summed E-state index contributed by atoms with van der Waals surface area (Å²) in [6.07, 6.45) is 0. The van der Waals surface area contributed by atoms with Crippen LogP contribution in [-0.4, -0.2) is 18.2 Å². The maximum atomic E-state index is 12.0. The summed E-state index contributed by atoms with van der Waals surface area (Å²) in [6, 6.07) is 16.7. The lowest BCUT2D eigenvalue weighted by Crippen LogP contribution is -2.22. The predicted molar refractivity (Wildman–Crippen MR) is 91.4 cm³/mol. The summed E-state index contributed by atoms with van der Waals surface area (Å²) in [5.74, 6) is 0.179. The van der Waals surface area contributed by atoms with Crippen LogP contribution in [0.2, 0.25) is 5.02 Å². The molecule has 1 amide bonds. The third-order valence-electron chi connectivity index (χ3n) is 2.73. The summed E-state index contributed by atoms with van der Waals surface area (Å²) in [4.78, 5) is 12.9. The van der Waals surface area contributed by atoms with Gasteiger partial charge < -0.3 is 10.6 Å². The number of rotatable bonds is 6. The van der Waals surface area contributed by atoms with Crippen LogP contribution in [0.4, 0.5) is 11.4 Å². The highest BCUT2D eigenvalue weighted by Crippen LogP contribution is 2.26.